The highest BCUT2D eigenvalue weighted by molar-refractivity contribution is 6.30. The number of rotatable bonds is 4. The fourth-order valence-electron chi connectivity index (χ4n) is 1.74. The van der Waals surface area contributed by atoms with E-state index in [0.29, 0.717) is 5.69 Å². The van der Waals surface area contributed by atoms with Gasteiger partial charge in [-0.1, -0.05) is 11.6 Å². The van der Waals surface area contributed by atoms with E-state index in [4.69, 9.17) is 11.6 Å². The average molecular weight is 309 g/mol. The predicted molar refractivity (Wildman–Crippen MR) is 77.8 cm³/mol. The van der Waals surface area contributed by atoms with Crippen LogP contribution in [0.5, 0.6) is 0 Å². The third-order valence-electron chi connectivity index (χ3n) is 2.80. The van der Waals surface area contributed by atoms with Crippen molar-refractivity contribution in [3.05, 3.63) is 62.9 Å². The Bertz CT molecular complexity index is 734. The molecule has 0 heterocycles. The quantitative estimate of drug-likeness (QED) is 0.518. The summed E-state index contributed by atoms with van der Waals surface area (Å²) >= 11 is 5.57. The number of benzene rings is 2. The van der Waals surface area contributed by atoms with Gasteiger partial charge in [0, 0.05) is 17.3 Å². The van der Waals surface area contributed by atoms with E-state index in [2.05, 4.69) is 5.32 Å². The van der Waals surface area contributed by atoms with Gasteiger partial charge in [0.1, 0.15) is 11.5 Å². The van der Waals surface area contributed by atoms with Crippen LogP contribution in [0.15, 0.2) is 36.4 Å². The summed E-state index contributed by atoms with van der Waals surface area (Å²) in [7, 11) is 0. The maximum absolute atomic E-state index is 13.4. The molecule has 1 N–H and O–H groups in total. The summed E-state index contributed by atoms with van der Waals surface area (Å²) in [5.41, 5.74) is 0.440. The molecular formula is C14H10ClFN2O3. The molecule has 0 amide bonds. The third kappa shape index (κ3) is 3.35. The predicted octanol–water partition coefficient (Wildman–Crippen LogP) is 4.33. The number of hydrogen-bond acceptors (Lipinski definition) is 4. The Kier molecular flexibility index (Phi) is 4.18. The number of halogens is 2. The van der Waals surface area contributed by atoms with Gasteiger partial charge in [0.25, 0.3) is 5.69 Å². The molecule has 2 aromatic carbocycles. The van der Waals surface area contributed by atoms with Crippen molar-refractivity contribution in [1.82, 2.24) is 0 Å². The van der Waals surface area contributed by atoms with Crippen molar-refractivity contribution < 1.29 is 14.1 Å². The normalized spacial score (nSPS) is 10.2. The maximum Gasteiger partial charge on any atom is 0.293 e. The Hall–Kier alpha value is -2.47. The highest BCUT2D eigenvalue weighted by atomic mass is 35.5. The van der Waals surface area contributed by atoms with Crippen molar-refractivity contribution in [1.29, 1.82) is 0 Å². The molecule has 0 bridgehead atoms. The van der Waals surface area contributed by atoms with E-state index in [9.17, 15) is 19.3 Å². The number of ketones is 1. The van der Waals surface area contributed by atoms with Gasteiger partial charge in [-0.2, -0.15) is 0 Å². The minimum atomic E-state index is -0.635. The molecule has 0 aliphatic rings. The van der Waals surface area contributed by atoms with Crippen LogP contribution in [0.4, 0.5) is 21.5 Å². The second-order valence-electron chi connectivity index (χ2n) is 4.30. The fraction of sp³-hybridized carbons (Fsp3) is 0.0714. The number of carbonyl (C=O) groups is 1. The first-order chi connectivity index (χ1) is 9.88. The lowest BCUT2D eigenvalue weighted by Gasteiger charge is -2.08. The van der Waals surface area contributed by atoms with Crippen molar-refractivity contribution in [3.8, 4) is 0 Å². The zero-order valence-electron chi connectivity index (χ0n) is 10.9. The summed E-state index contributed by atoms with van der Waals surface area (Å²) < 4.78 is 13.4. The van der Waals surface area contributed by atoms with Crippen LogP contribution in [0.1, 0.15) is 17.3 Å². The van der Waals surface area contributed by atoms with E-state index in [0.717, 1.165) is 6.07 Å². The number of hydrogen-bond donors (Lipinski definition) is 1. The molecule has 0 saturated carbocycles. The molecule has 7 heteroatoms. The molecule has 21 heavy (non-hydrogen) atoms. The summed E-state index contributed by atoms with van der Waals surface area (Å²) in [4.78, 5) is 21.7. The summed E-state index contributed by atoms with van der Waals surface area (Å²) in [5.74, 6) is -0.910. The molecule has 0 atom stereocenters. The largest absolute Gasteiger partial charge is 0.350 e. The second kappa shape index (κ2) is 5.88. The number of anilines is 2. The van der Waals surface area contributed by atoms with Gasteiger partial charge in [-0.15, -0.1) is 0 Å². The van der Waals surface area contributed by atoms with Crippen molar-refractivity contribution in [2.24, 2.45) is 0 Å². The Morgan fingerprint density at radius 1 is 1.29 bits per heavy atom. The van der Waals surface area contributed by atoms with Gasteiger partial charge in [-0.25, -0.2) is 4.39 Å². The summed E-state index contributed by atoms with van der Waals surface area (Å²) in [6.07, 6.45) is 0. The Balaban J connectivity index is 2.41. The van der Waals surface area contributed by atoms with Crippen molar-refractivity contribution >= 4 is 34.4 Å². The first-order valence-electron chi connectivity index (χ1n) is 5.90. The highest BCUT2D eigenvalue weighted by Crippen LogP contribution is 2.30. The lowest BCUT2D eigenvalue weighted by atomic mass is 10.1. The highest BCUT2D eigenvalue weighted by Gasteiger charge is 2.16. The van der Waals surface area contributed by atoms with Gasteiger partial charge < -0.3 is 5.32 Å². The number of Topliss-reactive ketones (excluding diaryl/α,β-unsaturated/α-hetero) is 1. The number of carbonyl (C=O) groups excluding carboxylic acids is 1. The fourth-order valence-corrected chi connectivity index (χ4v) is 1.85. The Morgan fingerprint density at radius 2 is 2.00 bits per heavy atom. The first kappa shape index (κ1) is 14.9. The lowest BCUT2D eigenvalue weighted by molar-refractivity contribution is -0.383. The van der Waals surface area contributed by atoms with Crippen LogP contribution in [0.2, 0.25) is 5.02 Å². The number of nitro benzene ring substituents is 1. The average Bonchev–Trinajstić information content (AvgIpc) is 2.43. The zero-order valence-corrected chi connectivity index (χ0v) is 11.6. The van der Waals surface area contributed by atoms with Crippen LogP contribution in [0, 0.1) is 15.9 Å². The molecule has 0 radical (unpaired) electrons. The Labute approximate surface area is 124 Å². The van der Waals surface area contributed by atoms with Gasteiger partial charge in [0.2, 0.25) is 0 Å². The molecule has 0 saturated heterocycles. The zero-order chi connectivity index (χ0) is 15.6. The topological polar surface area (TPSA) is 72.2 Å². The standard InChI is InChI=1S/C14H10ClFN2O3/c1-8(19)9-2-5-13(14(6-9)18(20)21)17-10-3-4-11(15)12(16)7-10/h2-7,17H,1H3. The van der Waals surface area contributed by atoms with E-state index >= 15 is 0 Å². The van der Waals surface area contributed by atoms with Gasteiger partial charge >= 0.3 is 0 Å². The van der Waals surface area contributed by atoms with Crippen molar-refractivity contribution in [2.45, 2.75) is 6.92 Å². The molecule has 2 rings (SSSR count). The summed E-state index contributed by atoms with van der Waals surface area (Å²) in [5, 5.41) is 13.8. The molecule has 0 unspecified atom stereocenters. The van der Waals surface area contributed by atoms with Gasteiger partial charge in [0.05, 0.1) is 9.95 Å². The van der Waals surface area contributed by atoms with Gasteiger partial charge in [0.15, 0.2) is 5.78 Å². The monoisotopic (exact) mass is 308 g/mol. The molecule has 0 aliphatic carbocycles. The van der Waals surface area contributed by atoms with E-state index < -0.39 is 10.7 Å². The second-order valence-corrected chi connectivity index (χ2v) is 4.71. The van der Waals surface area contributed by atoms with Gasteiger partial charge in [-0.3, -0.25) is 14.9 Å². The molecule has 0 aromatic heterocycles. The summed E-state index contributed by atoms with van der Waals surface area (Å²) in [6.45, 7) is 1.32. The van der Waals surface area contributed by atoms with Crippen LogP contribution in [0.3, 0.4) is 0 Å². The number of nitrogens with one attached hydrogen (secondary N) is 1. The molecule has 0 spiro atoms. The molecule has 108 valence electrons. The molecule has 2 aromatic rings. The summed E-state index contributed by atoms with van der Waals surface area (Å²) in [6, 6.07) is 8.01. The Morgan fingerprint density at radius 3 is 2.57 bits per heavy atom. The van der Waals surface area contributed by atoms with Crippen LogP contribution < -0.4 is 5.32 Å². The molecule has 0 aliphatic heterocycles. The minimum absolute atomic E-state index is 0.0398. The maximum atomic E-state index is 13.4. The van der Waals surface area contributed by atoms with Crippen molar-refractivity contribution in [2.75, 3.05) is 5.32 Å². The van der Waals surface area contributed by atoms with Crippen LogP contribution in [-0.4, -0.2) is 10.7 Å². The lowest BCUT2D eigenvalue weighted by Crippen LogP contribution is -2.00. The van der Waals surface area contributed by atoms with Crippen molar-refractivity contribution in [3.63, 3.8) is 0 Å². The van der Waals surface area contributed by atoms with E-state index in [1.54, 1.807) is 0 Å². The molecule has 5 nitrogen and oxygen atoms in total. The molecule has 0 fully saturated rings. The minimum Gasteiger partial charge on any atom is -0.350 e. The van der Waals surface area contributed by atoms with E-state index in [-0.39, 0.29) is 27.7 Å². The SMILES string of the molecule is CC(=O)c1ccc(Nc2ccc(Cl)c(F)c2)c([N+](=O)[O-])c1. The third-order valence-corrected chi connectivity index (χ3v) is 3.11. The van der Waals surface area contributed by atoms with Crippen LogP contribution in [-0.2, 0) is 0 Å². The smallest absolute Gasteiger partial charge is 0.293 e. The van der Waals surface area contributed by atoms with Crippen LogP contribution >= 0.6 is 11.6 Å². The number of nitro groups is 1. The van der Waals surface area contributed by atoms with E-state index in [1.165, 1.54) is 37.3 Å². The van der Waals surface area contributed by atoms with E-state index in [1.807, 2.05) is 0 Å². The molecular weight excluding hydrogens is 299 g/mol. The van der Waals surface area contributed by atoms with Crippen LogP contribution in [0.25, 0.3) is 0 Å². The number of nitrogens with zero attached hydrogens (tertiary/aromatic N) is 1. The first-order valence-corrected chi connectivity index (χ1v) is 6.27. The van der Waals surface area contributed by atoms with Gasteiger partial charge in [-0.05, 0) is 37.3 Å².